The van der Waals surface area contributed by atoms with Crippen LogP contribution in [0.3, 0.4) is 0 Å². The molecular formula is C23H20N2O2S. The van der Waals surface area contributed by atoms with E-state index >= 15 is 0 Å². The Morgan fingerprint density at radius 1 is 1.07 bits per heavy atom. The maximum atomic E-state index is 12.5. The van der Waals surface area contributed by atoms with Gasteiger partial charge in [0.05, 0.1) is 4.91 Å². The molecule has 4 rings (SSSR count). The first-order chi connectivity index (χ1) is 13.6. The monoisotopic (exact) mass is 388 g/mol. The van der Waals surface area contributed by atoms with E-state index in [1.54, 1.807) is 6.08 Å². The van der Waals surface area contributed by atoms with Crippen LogP contribution < -0.4 is 0 Å². The average molecular weight is 388 g/mol. The molecule has 2 heterocycles. The number of hydrogen-bond donors (Lipinski definition) is 0. The number of thioether (sulfide) groups is 1. The first-order valence-electron chi connectivity index (χ1n) is 9.06. The number of rotatable bonds is 5. The molecule has 1 saturated heterocycles. The number of benzene rings is 2. The van der Waals surface area contributed by atoms with Crippen LogP contribution in [0.4, 0.5) is 4.79 Å². The number of aryl methyl sites for hydroxylation is 1. The minimum absolute atomic E-state index is 0.233. The number of amides is 2. The lowest BCUT2D eigenvalue weighted by Gasteiger charge is -2.07. The van der Waals surface area contributed by atoms with Crippen LogP contribution in [0, 0.1) is 6.92 Å². The molecule has 0 bridgehead atoms. The Labute approximate surface area is 168 Å². The van der Waals surface area contributed by atoms with Crippen LogP contribution in [0.1, 0.15) is 16.7 Å². The summed E-state index contributed by atoms with van der Waals surface area (Å²) in [5, 5.41) is 0.810. The van der Waals surface area contributed by atoms with Gasteiger partial charge in [0.15, 0.2) is 0 Å². The van der Waals surface area contributed by atoms with Gasteiger partial charge in [-0.1, -0.05) is 54.1 Å². The van der Waals surface area contributed by atoms with Crippen molar-refractivity contribution < 1.29 is 9.59 Å². The van der Waals surface area contributed by atoms with Gasteiger partial charge in [-0.3, -0.25) is 14.5 Å². The summed E-state index contributed by atoms with van der Waals surface area (Å²) >= 11 is 0.981. The molecule has 1 fully saturated rings. The highest BCUT2D eigenvalue weighted by atomic mass is 32.2. The molecule has 0 N–H and O–H groups in total. The number of nitrogens with zero attached hydrogens (tertiary/aromatic N) is 2. The fourth-order valence-electron chi connectivity index (χ4n) is 3.34. The van der Waals surface area contributed by atoms with E-state index < -0.39 is 0 Å². The zero-order chi connectivity index (χ0) is 19.7. The zero-order valence-corrected chi connectivity index (χ0v) is 16.4. The second-order valence-electron chi connectivity index (χ2n) is 6.80. The van der Waals surface area contributed by atoms with Crippen molar-refractivity contribution in [2.45, 2.75) is 13.5 Å². The van der Waals surface area contributed by atoms with E-state index in [4.69, 9.17) is 0 Å². The maximum Gasteiger partial charge on any atom is 0.293 e. The van der Waals surface area contributed by atoms with Crippen molar-refractivity contribution in [2.75, 3.05) is 6.54 Å². The van der Waals surface area contributed by atoms with Gasteiger partial charge in [0, 0.05) is 35.8 Å². The van der Waals surface area contributed by atoms with Crippen molar-refractivity contribution in [2.24, 2.45) is 0 Å². The third-order valence-corrected chi connectivity index (χ3v) is 5.67. The van der Waals surface area contributed by atoms with Crippen LogP contribution >= 0.6 is 11.8 Å². The fraction of sp³-hybridized carbons (Fsp3) is 0.130. The van der Waals surface area contributed by atoms with Gasteiger partial charge in [0.2, 0.25) is 0 Å². The van der Waals surface area contributed by atoms with Crippen LogP contribution in [-0.4, -0.2) is 27.2 Å². The normalized spacial score (nSPS) is 15.8. The number of fused-ring (bicyclic) bond motifs is 1. The third-order valence-electron chi connectivity index (χ3n) is 4.76. The highest BCUT2D eigenvalue weighted by Crippen LogP contribution is 2.34. The Hall–Kier alpha value is -3.05. The predicted octanol–water partition coefficient (Wildman–Crippen LogP) is 5.22. The SMILES string of the molecule is C=CCN1C(=O)S/C(=C/c2cn(Cc3ccc(C)cc3)c3ccccc23)C1=O. The molecule has 0 atom stereocenters. The smallest absolute Gasteiger partial charge is 0.293 e. The summed E-state index contributed by atoms with van der Waals surface area (Å²) in [4.78, 5) is 26.3. The molecule has 0 spiro atoms. The first-order valence-corrected chi connectivity index (χ1v) is 9.88. The van der Waals surface area contributed by atoms with E-state index in [1.807, 2.05) is 30.5 Å². The van der Waals surface area contributed by atoms with Gasteiger partial charge in [0.1, 0.15) is 0 Å². The summed E-state index contributed by atoms with van der Waals surface area (Å²) in [7, 11) is 0. The van der Waals surface area contributed by atoms with Crippen LogP contribution in [0.25, 0.3) is 17.0 Å². The lowest BCUT2D eigenvalue weighted by atomic mass is 10.1. The van der Waals surface area contributed by atoms with E-state index in [9.17, 15) is 9.59 Å². The first kappa shape index (κ1) is 18.3. The molecule has 1 aliphatic rings. The van der Waals surface area contributed by atoms with Crippen LogP contribution in [0.5, 0.6) is 0 Å². The van der Waals surface area contributed by atoms with Gasteiger partial charge >= 0.3 is 0 Å². The van der Waals surface area contributed by atoms with Gasteiger partial charge in [0.25, 0.3) is 11.1 Å². The minimum atomic E-state index is -0.259. The fourth-order valence-corrected chi connectivity index (χ4v) is 4.18. The standard InChI is InChI=1S/C23H20N2O2S/c1-3-12-25-22(26)21(28-23(25)27)13-18-15-24(20-7-5-4-6-19(18)20)14-17-10-8-16(2)9-11-17/h3-11,13,15H,1,12,14H2,2H3/b21-13+. The number of carbonyl (C=O) groups is 2. The quantitative estimate of drug-likeness (QED) is 0.444. The Morgan fingerprint density at radius 2 is 1.82 bits per heavy atom. The number of carbonyl (C=O) groups excluding carboxylic acids is 2. The molecule has 3 aromatic rings. The van der Waals surface area contributed by atoms with Crippen molar-refractivity contribution in [3.63, 3.8) is 0 Å². The summed E-state index contributed by atoms with van der Waals surface area (Å²) in [5.41, 5.74) is 4.48. The lowest BCUT2D eigenvalue weighted by molar-refractivity contribution is -0.122. The molecule has 0 unspecified atom stereocenters. The molecule has 5 heteroatoms. The second-order valence-corrected chi connectivity index (χ2v) is 7.79. The van der Waals surface area contributed by atoms with Crippen molar-refractivity contribution in [1.29, 1.82) is 0 Å². The molecule has 1 aliphatic heterocycles. The Kier molecular flexibility index (Phi) is 4.92. The van der Waals surface area contributed by atoms with Crippen LogP contribution in [0.2, 0.25) is 0 Å². The summed E-state index contributed by atoms with van der Waals surface area (Å²) in [6, 6.07) is 16.6. The van der Waals surface area contributed by atoms with Gasteiger partial charge in [-0.05, 0) is 36.4 Å². The zero-order valence-electron chi connectivity index (χ0n) is 15.6. The topological polar surface area (TPSA) is 42.3 Å². The number of aromatic nitrogens is 1. The van der Waals surface area contributed by atoms with Gasteiger partial charge in [-0.25, -0.2) is 0 Å². The van der Waals surface area contributed by atoms with Crippen molar-refractivity contribution in [1.82, 2.24) is 9.47 Å². The predicted molar refractivity (Wildman–Crippen MR) is 115 cm³/mol. The van der Waals surface area contributed by atoms with E-state index in [2.05, 4.69) is 48.4 Å². The molecule has 140 valence electrons. The summed E-state index contributed by atoms with van der Waals surface area (Å²) in [6.45, 7) is 6.67. The van der Waals surface area contributed by atoms with E-state index in [1.165, 1.54) is 16.0 Å². The molecule has 4 nitrogen and oxygen atoms in total. The highest BCUT2D eigenvalue weighted by Gasteiger charge is 2.34. The molecule has 0 aliphatic carbocycles. The van der Waals surface area contributed by atoms with Crippen LogP contribution in [-0.2, 0) is 11.3 Å². The highest BCUT2D eigenvalue weighted by molar-refractivity contribution is 8.18. The Bertz CT molecular complexity index is 1110. The van der Waals surface area contributed by atoms with E-state index in [0.29, 0.717) is 4.91 Å². The number of para-hydroxylation sites is 1. The largest absolute Gasteiger partial charge is 0.342 e. The number of hydrogen-bond acceptors (Lipinski definition) is 3. The Balaban J connectivity index is 1.72. The van der Waals surface area contributed by atoms with Gasteiger partial charge in [-0.15, -0.1) is 6.58 Å². The summed E-state index contributed by atoms with van der Waals surface area (Å²) in [5.74, 6) is -0.259. The maximum absolute atomic E-state index is 12.5. The van der Waals surface area contributed by atoms with Crippen LogP contribution in [0.15, 0.2) is 72.3 Å². The van der Waals surface area contributed by atoms with Crippen molar-refractivity contribution in [3.05, 3.63) is 89.0 Å². The average Bonchev–Trinajstić information content (AvgIpc) is 3.17. The molecular weight excluding hydrogens is 368 g/mol. The van der Waals surface area contributed by atoms with Gasteiger partial charge < -0.3 is 4.57 Å². The number of imide groups is 1. The molecule has 2 amide bonds. The third kappa shape index (κ3) is 3.41. The van der Waals surface area contributed by atoms with Crippen molar-refractivity contribution >= 4 is 39.9 Å². The molecule has 0 saturated carbocycles. The Morgan fingerprint density at radius 3 is 2.57 bits per heavy atom. The molecule has 0 radical (unpaired) electrons. The minimum Gasteiger partial charge on any atom is -0.342 e. The van der Waals surface area contributed by atoms with Crippen molar-refractivity contribution in [3.8, 4) is 0 Å². The molecule has 28 heavy (non-hydrogen) atoms. The van der Waals surface area contributed by atoms with Gasteiger partial charge in [-0.2, -0.15) is 0 Å². The van der Waals surface area contributed by atoms with E-state index in [0.717, 1.165) is 34.8 Å². The molecule has 2 aromatic carbocycles. The lowest BCUT2D eigenvalue weighted by Crippen LogP contribution is -2.27. The molecule has 1 aromatic heterocycles. The van der Waals surface area contributed by atoms with E-state index in [-0.39, 0.29) is 17.7 Å². The second kappa shape index (κ2) is 7.52. The summed E-state index contributed by atoms with van der Waals surface area (Å²) in [6.07, 6.45) is 5.43. The summed E-state index contributed by atoms with van der Waals surface area (Å²) < 4.78 is 2.18.